The Hall–Kier alpha value is -0.940. The van der Waals surface area contributed by atoms with E-state index in [0.717, 1.165) is 41.9 Å². The fourth-order valence-corrected chi connectivity index (χ4v) is 2.94. The normalized spacial score (nSPS) is 19.8. The first-order chi connectivity index (χ1) is 8.65. The van der Waals surface area contributed by atoms with E-state index in [-0.39, 0.29) is 5.82 Å². The van der Waals surface area contributed by atoms with Crippen molar-refractivity contribution in [1.29, 1.82) is 0 Å². The number of hydrogen-bond donors (Lipinski definition) is 0. The second-order valence-corrected chi connectivity index (χ2v) is 5.69. The quantitative estimate of drug-likeness (QED) is 0.851. The van der Waals surface area contributed by atoms with Gasteiger partial charge >= 0.3 is 0 Å². The van der Waals surface area contributed by atoms with Gasteiger partial charge in [0.1, 0.15) is 5.82 Å². The van der Waals surface area contributed by atoms with Crippen molar-refractivity contribution in [2.45, 2.75) is 19.9 Å². The summed E-state index contributed by atoms with van der Waals surface area (Å²) < 4.78 is 21.9. The standard InChI is InChI=1S/C13H14BrFN2O/c1-8-13-11(15)4-10(14)5-12(13)17(16-8)6-9-2-3-18-7-9/h4-5,9H,2-3,6-7H2,1H3. The highest BCUT2D eigenvalue weighted by atomic mass is 79.9. The van der Waals surface area contributed by atoms with Gasteiger partial charge < -0.3 is 4.74 Å². The molecule has 1 aromatic carbocycles. The van der Waals surface area contributed by atoms with Gasteiger partial charge in [-0.2, -0.15) is 5.10 Å². The van der Waals surface area contributed by atoms with Crippen LogP contribution < -0.4 is 0 Å². The van der Waals surface area contributed by atoms with Gasteiger partial charge in [-0.25, -0.2) is 4.39 Å². The van der Waals surface area contributed by atoms with Crippen LogP contribution in [0.3, 0.4) is 0 Å². The van der Waals surface area contributed by atoms with Crippen molar-refractivity contribution in [3.63, 3.8) is 0 Å². The SMILES string of the molecule is Cc1nn(CC2CCOC2)c2cc(Br)cc(F)c12. The Morgan fingerprint density at radius 1 is 1.56 bits per heavy atom. The molecule has 3 nitrogen and oxygen atoms in total. The van der Waals surface area contributed by atoms with Crippen molar-refractivity contribution in [1.82, 2.24) is 9.78 Å². The van der Waals surface area contributed by atoms with Gasteiger partial charge in [0.2, 0.25) is 0 Å². The lowest BCUT2D eigenvalue weighted by atomic mass is 10.1. The maximum atomic E-state index is 13.9. The molecule has 0 spiro atoms. The first kappa shape index (κ1) is 12.1. The van der Waals surface area contributed by atoms with Crippen LogP contribution in [-0.2, 0) is 11.3 Å². The Morgan fingerprint density at radius 2 is 2.39 bits per heavy atom. The lowest BCUT2D eigenvalue weighted by molar-refractivity contribution is 0.182. The number of ether oxygens (including phenoxy) is 1. The molecule has 2 heterocycles. The van der Waals surface area contributed by atoms with Crippen LogP contribution in [-0.4, -0.2) is 23.0 Å². The van der Waals surface area contributed by atoms with Crippen molar-refractivity contribution in [3.05, 3.63) is 28.1 Å². The molecule has 96 valence electrons. The number of fused-ring (bicyclic) bond motifs is 1. The Bertz CT molecular complexity index is 590. The van der Waals surface area contributed by atoms with E-state index in [1.165, 1.54) is 6.07 Å². The molecule has 0 saturated carbocycles. The molecule has 1 atom stereocenters. The summed E-state index contributed by atoms with van der Waals surface area (Å²) in [5, 5.41) is 5.08. The zero-order chi connectivity index (χ0) is 12.7. The minimum atomic E-state index is -0.217. The minimum Gasteiger partial charge on any atom is -0.381 e. The predicted molar refractivity (Wildman–Crippen MR) is 71.1 cm³/mol. The van der Waals surface area contributed by atoms with E-state index in [9.17, 15) is 4.39 Å². The summed E-state index contributed by atoms with van der Waals surface area (Å²) in [6.45, 7) is 4.24. The van der Waals surface area contributed by atoms with E-state index in [2.05, 4.69) is 21.0 Å². The molecular weight excluding hydrogens is 299 g/mol. The van der Waals surface area contributed by atoms with Gasteiger partial charge in [0.25, 0.3) is 0 Å². The topological polar surface area (TPSA) is 27.1 Å². The highest BCUT2D eigenvalue weighted by Crippen LogP contribution is 2.27. The van der Waals surface area contributed by atoms with E-state index < -0.39 is 0 Å². The van der Waals surface area contributed by atoms with Gasteiger partial charge in [0.05, 0.1) is 23.2 Å². The highest BCUT2D eigenvalue weighted by Gasteiger charge is 2.19. The second kappa shape index (κ2) is 4.63. The monoisotopic (exact) mass is 312 g/mol. The summed E-state index contributed by atoms with van der Waals surface area (Å²) in [7, 11) is 0. The summed E-state index contributed by atoms with van der Waals surface area (Å²) >= 11 is 3.33. The predicted octanol–water partition coefficient (Wildman–Crippen LogP) is 3.28. The van der Waals surface area contributed by atoms with E-state index in [0.29, 0.717) is 11.3 Å². The number of halogens is 2. The molecule has 0 radical (unpaired) electrons. The largest absolute Gasteiger partial charge is 0.381 e. The van der Waals surface area contributed by atoms with Crippen LogP contribution in [0.4, 0.5) is 4.39 Å². The highest BCUT2D eigenvalue weighted by molar-refractivity contribution is 9.10. The molecule has 0 bridgehead atoms. The average molecular weight is 313 g/mol. The molecule has 1 aliphatic rings. The summed E-state index contributed by atoms with van der Waals surface area (Å²) in [4.78, 5) is 0. The van der Waals surface area contributed by atoms with Crippen molar-refractivity contribution >= 4 is 26.8 Å². The second-order valence-electron chi connectivity index (χ2n) is 4.78. The van der Waals surface area contributed by atoms with Crippen LogP contribution in [0.1, 0.15) is 12.1 Å². The molecule has 3 rings (SSSR count). The molecule has 0 aliphatic carbocycles. The van der Waals surface area contributed by atoms with Crippen LogP contribution in [0, 0.1) is 18.7 Å². The van der Waals surface area contributed by atoms with E-state index in [1.54, 1.807) is 0 Å². The number of aryl methyl sites for hydroxylation is 1. The first-order valence-electron chi connectivity index (χ1n) is 6.05. The maximum Gasteiger partial charge on any atom is 0.135 e. The van der Waals surface area contributed by atoms with Crippen molar-refractivity contribution in [2.24, 2.45) is 5.92 Å². The first-order valence-corrected chi connectivity index (χ1v) is 6.84. The van der Waals surface area contributed by atoms with Gasteiger partial charge in [-0.3, -0.25) is 4.68 Å². The Kier molecular flexibility index (Phi) is 3.11. The zero-order valence-electron chi connectivity index (χ0n) is 10.1. The summed E-state index contributed by atoms with van der Waals surface area (Å²) in [6.07, 6.45) is 1.05. The number of benzene rings is 1. The zero-order valence-corrected chi connectivity index (χ0v) is 11.7. The lowest BCUT2D eigenvalue weighted by Crippen LogP contribution is -2.11. The number of rotatable bonds is 2. The average Bonchev–Trinajstić information content (AvgIpc) is 2.88. The van der Waals surface area contributed by atoms with Gasteiger partial charge in [0, 0.05) is 23.5 Å². The molecule has 2 aromatic rings. The van der Waals surface area contributed by atoms with Crippen LogP contribution >= 0.6 is 15.9 Å². The summed E-state index contributed by atoms with van der Waals surface area (Å²) in [6, 6.07) is 3.41. The minimum absolute atomic E-state index is 0.217. The van der Waals surface area contributed by atoms with E-state index >= 15 is 0 Å². The molecule has 18 heavy (non-hydrogen) atoms. The van der Waals surface area contributed by atoms with Gasteiger partial charge in [-0.15, -0.1) is 0 Å². The molecule has 1 fully saturated rings. The summed E-state index contributed by atoms with van der Waals surface area (Å²) in [5.41, 5.74) is 1.60. The smallest absolute Gasteiger partial charge is 0.135 e. The number of nitrogens with zero attached hydrogens (tertiary/aromatic N) is 2. The van der Waals surface area contributed by atoms with Crippen LogP contribution in [0.25, 0.3) is 10.9 Å². The Morgan fingerprint density at radius 3 is 3.11 bits per heavy atom. The summed E-state index contributed by atoms with van der Waals surface area (Å²) in [5.74, 6) is 0.264. The van der Waals surface area contributed by atoms with Crippen LogP contribution in [0.2, 0.25) is 0 Å². The fourth-order valence-electron chi connectivity index (χ4n) is 2.52. The molecular formula is C13H14BrFN2O. The van der Waals surface area contributed by atoms with Gasteiger partial charge in [-0.1, -0.05) is 15.9 Å². The molecule has 0 amide bonds. The Labute approximate surface area is 113 Å². The molecule has 5 heteroatoms. The third-order valence-corrected chi connectivity index (χ3v) is 3.86. The lowest BCUT2D eigenvalue weighted by Gasteiger charge is -2.08. The van der Waals surface area contributed by atoms with Crippen molar-refractivity contribution in [3.8, 4) is 0 Å². The van der Waals surface area contributed by atoms with E-state index in [4.69, 9.17) is 4.74 Å². The maximum absolute atomic E-state index is 13.9. The fraction of sp³-hybridized carbons (Fsp3) is 0.462. The molecule has 1 unspecified atom stereocenters. The van der Waals surface area contributed by atoms with Crippen molar-refractivity contribution in [2.75, 3.05) is 13.2 Å². The van der Waals surface area contributed by atoms with Crippen LogP contribution in [0.5, 0.6) is 0 Å². The third-order valence-electron chi connectivity index (χ3n) is 3.40. The Balaban J connectivity index is 2.06. The van der Waals surface area contributed by atoms with E-state index in [1.807, 2.05) is 17.7 Å². The third kappa shape index (κ3) is 2.06. The van der Waals surface area contributed by atoms with Gasteiger partial charge in [0.15, 0.2) is 0 Å². The number of aromatic nitrogens is 2. The van der Waals surface area contributed by atoms with Crippen molar-refractivity contribution < 1.29 is 9.13 Å². The molecule has 1 aliphatic heterocycles. The molecule has 0 N–H and O–H groups in total. The van der Waals surface area contributed by atoms with Gasteiger partial charge in [-0.05, 0) is 25.5 Å². The molecule has 1 aromatic heterocycles. The number of hydrogen-bond acceptors (Lipinski definition) is 2. The van der Waals surface area contributed by atoms with Crippen LogP contribution in [0.15, 0.2) is 16.6 Å². The molecule has 1 saturated heterocycles.